The Balaban J connectivity index is 2.49. The summed E-state index contributed by atoms with van der Waals surface area (Å²) < 4.78 is 5.12. The Morgan fingerprint density at radius 3 is 2.61 bits per heavy atom. The van der Waals surface area contributed by atoms with E-state index in [-0.39, 0.29) is 5.56 Å². The molecular formula is C9H13N3O6. The fourth-order valence-electron chi connectivity index (χ4n) is 1.92. The summed E-state index contributed by atoms with van der Waals surface area (Å²) in [6.07, 6.45) is -3.17. The summed E-state index contributed by atoms with van der Waals surface area (Å²) in [4.78, 5) is 26.6. The zero-order chi connectivity index (χ0) is 13.5. The van der Waals surface area contributed by atoms with Crippen LogP contribution in [0.1, 0.15) is 5.56 Å². The van der Waals surface area contributed by atoms with E-state index in [1.165, 1.54) is 0 Å². The normalized spacial score (nSPS) is 35.9. The molecule has 7 N–H and O–H groups in total. The van der Waals surface area contributed by atoms with Gasteiger partial charge in [-0.15, -0.1) is 0 Å². The van der Waals surface area contributed by atoms with Crippen molar-refractivity contribution in [3.05, 3.63) is 32.6 Å². The molecule has 0 amide bonds. The lowest BCUT2D eigenvalue weighted by Gasteiger charge is -2.26. The molecule has 0 bridgehead atoms. The van der Waals surface area contributed by atoms with Crippen molar-refractivity contribution in [2.24, 2.45) is 5.73 Å². The number of hydrogen-bond donors (Lipinski definition) is 6. The van der Waals surface area contributed by atoms with Gasteiger partial charge in [0.2, 0.25) is 0 Å². The zero-order valence-corrected chi connectivity index (χ0v) is 9.16. The molecule has 1 aliphatic rings. The molecule has 1 aromatic rings. The lowest BCUT2D eigenvalue weighted by molar-refractivity contribution is -0.0952. The van der Waals surface area contributed by atoms with Crippen LogP contribution in [0.5, 0.6) is 0 Å². The van der Waals surface area contributed by atoms with Crippen LogP contribution in [-0.2, 0) is 10.5 Å². The van der Waals surface area contributed by atoms with Crippen LogP contribution in [0.2, 0.25) is 0 Å². The smallest absolute Gasteiger partial charge is 0.325 e. The van der Waals surface area contributed by atoms with Crippen LogP contribution in [0.25, 0.3) is 0 Å². The fourth-order valence-corrected chi connectivity index (χ4v) is 1.92. The Kier molecular flexibility index (Phi) is 3.09. The van der Waals surface area contributed by atoms with Gasteiger partial charge in [0.25, 0.3) is 5.56 Å². The third-order valence-corrected chi connectivity index (χ3v) is 2.91. The predicted molar refractivity (Wildman–Crippen MR) is 57.5 cm³/mol. The Labute approximate surface area is 99.8 Å². The van der Waals surface area contributed by atoms with E-state index < -0.39 is 41.9 Å². The Morgan fingerprint density at radius 1 is 1.44 bits per heavy atom. The number of aromatic nitrogens is 2. The third kappa shape index (κ3) is 1.78. The quantitative estimate of drug-likeness (QED) is 0.318. The highest BCUT2D eigenvalue weighted by atomic mass is 16.6. The first-order valence-corrected chi connectivity index (χ1v) is 5.16. The molecule has 0 aliphatic carbocycles. The zero-order valence-electron chi connectivity index (χ0n) is 9.16. The van der Waals surface area contributed by atoms with Crippen molar-refractivity contribution in [3.8, 4) is 0 Å². The first-order chi connectivity index (χ1) is 8.40. The fraction of sp³-hybridized carbons (Fsp3) is 0.556. The topological polar surface area (TPSA) is 162 Å². The number of ether oxygens (including phenoxy) is 1. The van der Waals surface area contributed by atoms with Gasteiger partial charge in [-0.05, 0) is 0 Å². The molecule has 1 aromatic heterocycles. The monoisotopic (exact) mass is 259 g/mol. The lowest BCUT2D eigenvalue weighted by atomic mass is 9.98. The number of nitrogens with two attached hydrogens (primary N) is 1. The average Bonchev–Trinajstić information content (AvgIpc) is 2.54. The van der Waals surface area contributed by atoms with E-state index in [1.54, 1.807) is 0 Å². The second kappa shape index (κ2) is 4.30. The second-order valence-electron chi connectivity index (χ2n) is 4.05. The molecule has 0 aromatic carbocycles. The molecule has 1 aliphatic heterocycles. The molecule has 4 atom stereocenters. The van der Waals surface area contributed by atoms with Gasteiger partial charge in [0.05, 0.1) is 12.2 Å². The summed E-state index contributed by atoms with van der Waals surface area (Å²) in [5.41, 5.74) is 1.93. The summed E-state index contributed by atoms with van der Waals surface area (Å²) >= 11 is 0. The number of aliphatic hydroxyl groups is 3. The van der Waals surface area contributed by atoms with Crippen molar-refractivity contribution in [1.82, 2.24) is 9.97 Å². The molecule has 0 saturated carbocycles. The predicted octanol–water partition coefficient (Wildman–Crippen LogP) is -3.71. The molecule has 0 radical (unpaired) electrons. The minimum Gasteiger partial charge on any atom is -0.394 e. The highest BCUT2D eigenvalue weighted by Gasteiger charge is 2.54. The summed E-state index contributed by atoms with van der Waals surface area (Å²) in [5, 5.41) is 28.4. The number of nitrogens with one attached hydrogen (secondary N) is 2. The summed E-state index contributed by atoms with van der Waals surface area (Å²) in [6, 6.07) is 0. The molecule has 9 heteroatoms. The van der Waals surface area contributed by atoms with E-state index in [2.05, 4.69) is 4.98 Å². The van der Waals surface area contributed by atoms with Gasteiger partial charge in [-0.1, -0.05) is 0 Å². The second-order valence-corrected chi connectivity index (χ2v) is 4.05. The molecule has 2 rings (SSSR count). The van der Waals surface area contributed by atoms with Crippen molar-refractivity contribution < 1.29 is 20.1 Å². The van der Waals surface area contributed by atoms with E-state index >= 15 is 0 Å². The summed E-state index contributed by atoms with van der Waals surface area (Å²) in [7, 11) is 0. The van der Waals surface area contributed by atoms with Crippen molar-refractivity contribution in [1.29, 1.82) is 0 Å². The van der Waals surface area contributed by atoms with Gasteiger partial charge >= 0.3 is 5.69 Å². The average molecular weight is 259 g/mol. The van der Waals surface area contributed by atoms with E-state index in [9.17, 15) is 19.8 Å². The minimum atomic E-state index is -2.00. The van der Waals surface area contributed by atoms with Crippen LogP contribution < -0.4 is 17.0 Å². The molecule has 18 heavy (non-hydrogen) atoms. The number of H-pyrrole nitrogens is 2. The van der Waals surface area contributed by atoms with Crippen LogP contribution in [-0.4, -0.2) is 50.2 Å². The first kappa shape index (κ1) is 12.9. The Morgan fingerprint density at radius 2 is 2.11 bits per heavy atom. The van der Waals surface area contributed by atoms with Gasteiger partial charge in [0.15, 0.2) is 5.72 Å². The summed E-state index contributed by atoms with van der Waals surface area (Å²) in [5.74, 6) is 0. The standard InChI is InChI=1S/C9H13N3O6/c10-9(3-1-11-8(17)12-7(3)16)6(15)5(14)4(2-13)18-9/h1,4-6,13-15H,2,10H2,(H2,11,12,16,17)/t4-,5-,6-,9+/m1/s1. The van der Waals surface area contributed by atoms with E-state index in [0.29, 0.717) is 0 Å². The maximum Gasteiger partial charge on any atom is 0.325 e. The van der Waals surface area contributed by atoms with Gasteiger partial charge in [-0.25, -0.2) is 4.79 Å². The molecule has 1 fully saturated rings. The van der Waals surface area contributed by atoms with Crippen LogP contribution in [0.3, 0.4) is 0 Å². The van der Waals surface area contributed by atoms with Gasteiger partial charge < -0.3 is 25.0 Å². The summed E-state index contributed by atoms with van der Waals surface area (Å²) in [6.45, 7) is -0.571. The van der Waals surface area contributed by atoms with Gasteiger partial charge in [-0.3, -0.25) is 15.5 Å². The number of hydrogen-bond acceptors (Lipinski definition) is 7. The Bertz CT molecular complexity index is 554. The molecule has 100 valence electrons. The van der Waals surface area contributed by atoms with Crippen LogP contribution in [0.4, 0.5) is 0 Å². The van der Waals surface area contributed by atoms with Crippen molar-refractivity contribution in [2.75, 3.05) is 6.61 Å². The van der Waals surface area contributed by atoms with Gasteiger partial charge in [0, 0.05) is 6.20 Å². The van der Waals surface area contributed by atoms with Crippen molar-refractivity contribution in [2.45, 2.75) is 24.0 Å². The van der Waals surface area contributed by atoms with E-state index in [4.69, 9.17) is 15.6 Å². The highest BCUT2D eigenvalue weighted by Crippen LogP contribution is 2.33. The number of aliphatic hydroxyl groups excluding tert-OH is 3. The van der Waals surface area contributed by atoms with E-state index in [1.807, 2.05) is 4.98 Å². The lowest BCUT2D eigenvalue weighted by Crippen LogP contribution is -2.52. The molecule has 1 saturated heterocycles. The highest BCUT2D eigenvalue weighted by molar-refractivity contribution is 5.19. The SMILES string of the molecule is N[C@@]1(c2c[nH]c(=O)[nH]c2=O)O[C@H](CO)[C@@H](O)[C@H]1O. The van der Waals surface area contributed by atoms with Crippen molar-refractivity contribution >= 4 is 0 Å². The number of rotatable bonds is 2. The van der Waals surface area contributed by atoms with Crippen molar-refractivity contribution in [3.63, 3.8) is 0 Å². The van der Waals surface area contributed by atoms with Crippen LogP contribution >= 0.6 is 0 Å². The van der Waals surface area contributed by atoms with E-state index in [0.717, 1.165) is 6.20 Å². The largest absolute Gasteiger partial charge is 0.394 e. The maximum atomic E-state index is 11.6. The van der Waals surface area contributed by atoms with Gasteiger partial charge in [-0.2, -0.15) is 0 Å². The molecule has 9 nitrogen and oxygen atoms in total. The molecule has 2 heterocycles. The molecule has 0 spiro atoms. The number of aromatic amines is 2. The minimum absolute atomic E-state index is 0.246. The van der Waals surface area contributed by atoms with Gasteiger partial charge in [0.1, 0.15) is 18.3 Å². The third-order valence-electron chi connectivity index (χ3n) is 2.91. The molecular weight excluding hydrogens is 246 g/mol. The van der Waals surface area contributed by atoms with Crippen LogP contribution in [0.15, 0.2) is 15.8 Å². The van der Waals surface area contributed by atoms with Crippen LogP contribution in [0, 0.1) is 0 Å². The molecule has 0 unspecified atom stereocenters. The first-order valence-electron chi connectivity index (χ1n) is 5.16. The maximum absolute atomic E-state index is 11.6. The Hall–Kier alpha value is -1.52.